The van der Waals surface area contributed by atoms with Gasteiger partial charge in [-0.3, -0.25) is 4.79 Å². The van der Waals surface area contributed by atoms with Crippen LogP contribution < -0.4 is 11.1 Å². The maximum absolute atomic E-state index is 12.0. The minimum atomic E-state index is 0.114. The van der Waals surface area contributed by atoms with Gasteiger partial charge in [-0.2, -0.15) is 0 Å². The summed E-state index contributed by atoms with van der Waals surface area (Å²) in [6.45, 7) is 8.93. The van der Waals surface area contributed by atoms with E-state index in [0.717, 1.165) is 25.7 Å². The van der Waals surface area contributed by atoms with Crippen LogP contribution >= 0.6 is 0 Å². The molecule has 96 valence electrons. The summed E-state index contributed by atoms with van der Waals surface area (Å²) >= 11 is 0. The molecule has 0 aliphatic heterocycles. The molecule has 0 heterocycles. The van der Waals surface area contributed by atoms with E-state index in [4.69, 9.17) is 5.73 Å². The fourth-order valence-electron chi connectivity index (χ4n) is 1.77. The molecule has 1 amide bonds. The van der Waals surface area contributed by atoms with Crippen LogP contribution in [0.4, 0.5) is 0 Å². The molecular formula is C13H28N2O. The van der Waals surface area contributed by atoms with Gasteiger partial charge in [0.05, 0.1) is 0 Å². The van der Waals surface area contributed by atoms with Crippen molar-refractivity contribution < 1.29 is 4.79 Å². The van der Waals surface area contributed by atoms with Gasteiger partial charge < -0.3 is 11.1 Å². The number of nitrogens with one attached hydrogen (secondary N) is 1. The van der Waals surface area contributed by atoms with E-state index >= 15 is 0 Å². The quantitative estimate of drug-likeness (QED) is 0.670. The van der Waals surface area contributed by atoms with Gasteiger partial charge in [0.25, 0.3) is 0 Å². The Kier molecular flexibility index (Phi) is 8.26. The topological polar surface area (TPSA) is 55.1 Å². The van der Waals surface area contributed by atoms with E-state index < -0.39 is 0 Å². The highest BCUT2D eigenvalue weighted by Crippen LogP contribution is 2.13. The highest BCUT2D eigenvalue weighted by molar-refractivity contribution is 5.78. The molecule has 0 aliphatic carbocycles. The van der Waals surface area contributed by atoms with Gasteiger partial charge in [-0.1, -0.05) is 40.5 Å². The third-order valence-corrected chi connectivity index (χ3v) is 3.16. The zero-order valence-corrected chi connectivity index (χ0v) is 11.3. The maximum Gasteiger partial charge on any atom is 0.223 e. The summed E-state index contributed by atoms with van der Waals surface area (Å²) in [6.07, 6.45) is 4.19. The molecule has 0 aliphatic rings. The van der Waals surface area contributed by atoms with Crippen LogP contribution in [0.5, 0.6) is 0 Å². The van der Waals surface area contributed by atoms with Crippen molar-refractivity contribution in [2.45, 2.75) is 59.4 Å². The standard InChI is InChI=1S/C13H28N2O/c1-5-7-8-11(6-2)13(16)15-12(9-14)10(3)4/h10-12H,5-9,14H2,1-4H3,(H,15,16). The molecule has 2 unspecified atom stereocenters. The second kappa shape index (κ2) is 8.57. The number of nitrogens with two attached hydrogens (primary N) is 1. The smallest absolute Gasteiger partial charge is 0.223 e. The summed E-state index contributed by atoms with van der Waals surface area (Å²) < 4.78 is 0. The van der Waals surface area contributed by atoms with Crippen LogP contribution in [0.25, 0.3) is 0 Å². The van der Waals surface area contributed by atoms with Crippen molar-refractivity contribution in [2.75, 3.05) is 6.54 Å². The molecule has 0 aromatic rings. The van der Waals surface area contributed by atoms with E-state index in [1.54, 1.807) is 0 Å². The molecule has 2 atom stereocenters. The number of hydrogen-bond donors (Lipinski definition) is 2. The second-order valence-electron chi connectivity index (χ2n) is 4.84. The fraction of sp³-hybridized carbons (Fsp3) is 0.923. The molecule has 0 saturated heterocycles. The maximum atomic E-state index is 12.0. The lowest BCUT2D eigenvalue weighted by Crippen LogP contribution is -2.46. The highest BCUT2D eigenvalue weighted by Gasteiger charge is 2.20. The number of carbonyl (C=O) groups excluding carboxylic acids is 1. The van der Waals surface area contributed by atoms with E-state index in [0.29, 0.717) is 12.5 Å². The average molecular weight is 228 g/mol. The first-order valence-electron chi connectivity index (χ1n) is 6.57. The fourth-order valence-corrected chi connectivity index (χ4v) is 1.77. The SMILES string of the molecule is CCCCC(CC)C(=O)NC(CN)C(C)C. The Labute approximate surface area is 100 Å². The lowest BCUT2D eigenvalue weighted by atomic mass is 9.96. The van der Waals surface area contributed by atoms with Gasteiger partial charge in [-0.25, -0.2) is 0 Å². The molecule has 3 heteroatoms. The van der Waals surface area contributed by atoms with E-state index in [1.165, 1.54) is 0 Å². The average Bonchev–Trinajstić information content (AvgIpc) is 2.26. The molecular weight excluding hydrogens is 200 g/mol. The van der Waals surface area contributed by atoms with Gasteiger partial charge in [0.2, 0.25) is 5.91 Å². The molecule has 0 aromatic heterocycles. The number of carbonyl (C=O) groups is 1. The summed E-state index contributed by atoms with van der Waals surface area (Å²) in [6, 6.07) is 0.114. The molecule has 3 nitrogen and oxygen atoms in total. The molecule has 16 heavy (non-hydrogen) atoms. The third kappa shape index (κ3) is 5.50. The molecule has 0 rings (SSSR count). The summed E-state index contributed by atoms with van der Waals surface area (Å²) in [5, 5.41) is 3.06. The van der Waals surface area contributed by atoms with Gasteiger partial charge >= 0.3 is 0 Å². The first-order valence-corrected chi connectivity index (χ1v) is 6.57. The van der Waals surface area contributed by atoms with Crippen molar-refractivity contribution in [3.05, 3.63) is 0 Å². The summed E-state index contributed by atoms with van der Waals surface area (Å²) in [7, 11) is 0. The van der Waals surface area contributed by atoms with Crippen LogP contribution in [0.3, 0.4) is 0 Å². The molecule has 3 N–H and O–H groups in total. The molecule has 0 saturated carbocycles. The zero-order chi connectivity index (χ0) is 12.6. The first-order chi connectivity index (χ1) is 7.56. The number of rotatable bonds is 8. The van der Waals surface area contributed by atoms with Crippen molar-refractivity contribution in [3.8, 4) is 0 Å². The highest BCUT2D eigenvalue weighted by atomic mass is 16.1. The number of amides is 1. The van der Waals surface area contributed by atoms with Gasteiger partial charge in [-0.15, -0.1) is 0 Å². The van der Waals surface area contributed by atoms with Crippen molar-refractivity contribution >= 4 is 5.91 Å². The second-order valence-corrected chi connectivity index (χ2v) is 4.84. The van der Waals surface area contributed by atoms with Gasteiger partial charge in [0.15, 0.2) is 0 Å². The monoisotopic (exact) mass is 228 g/mol. The summed E-state index contributed by atoms with van der Waals surface area (Å²) in [4.78, 5) is 12.0. The van der Waals surface area contributed by atoms with Crippen LogP contribution in [0.2, 0.25) is 0 Å². The van der Waals surface area contributed by atoms with Crippen molar-refractivity contribution in [3.63, 3.8) is 0 Å². The minimum Gasteiger partial charge on any atom is -0.352 e. The largest absolute Gasteiger partial charge is 0.352 e. The zero-order valence-electron chi connectivity index (χ0n) is 11.3. The van der Waals surface area contributed by atoms with Crippen LogP contribution in [-0.2, 0) is 4.79 Å². The van der Waals surface area contributed by atoms with Crippen LogP contribution in [0.15, 0.2) is 0 Å². The number of hydrogen-bond acceptors (Lipinski definition) is 2. The Bertz CT molecular complexity index is 192. The Morgan fingerprint density at radius 2 is 1.94 bits per heavy atom. The van der Waals surface area contributed by atoms with Crippen molar-refractivity contribution in [1.29, 1.82) is 0 Å². The summed E-state index contributed by atoms with van der Waals surface area (Å²) in [5.74, 6) is 0.741. The van der Waals surface area contributed by atoms with Crippen molar-refractivity contribution in [2.24, 2.45) is 17.6 Å². The Morgan fingerprint density at radius 1 is 1.31 bits per heavy atom. The van der Waals surface area contributed by atoms with Gasteiger partial charge in [-0.05, 0) is 18.8 Å². The Balaban J connectivity index is 4.17. The van der Waals surface area contributed by atoms with Crippen LogP contribution in [-0.4, -0.2) is 18.5 Å². The third-order valence-electron chi connectivity index (χ3n) is 3.16. The normalized spacial score (nSPS) is 14.9. The lowest BCUT2D eigenvalue weighted by Gasteiger charge is -2.23. The predicted octanol–water partition coefficient (Wildman–Crippen LogP) is 2.30. The Morgan fingerprint density at radius 3 is 2.31 bits per heavy atom. The molecule has 0 fully saturated rings. The molecule has 0 bridgehead atoms. The molecule has 0 radical (unpaired) electrons. The predicted molar refractivity (Wildman–Crippen MR) is 69.1 cm³/mol. The van der Waals surface area contributed by atoms with Gasteiger partial charge in [0.1, 0.15) is 0 Å². The van der Waals surface area contributed by atoms with E-state index in [1.807, 2.05) is 0 Å². The summed E-state index contributed by atoms with van der Waals surface area (Å²) in [5.41, 5.74) is 5.65. The van der Waals surface area contributed by atoms with E-state index in [-0.39, 0.29) is 17.9 Å². The van der Waals surface area contributed by atoms with Crippen molar-refractivity contribution in [1.82, 2.24) is 5.32 Å². The number of unbranched alkanes of at least 4 members (excludes halogenated alkanes) is 1. The first kappa shape index (κ1) is 15.4. The van der Waals surface area contributed by atoms with Crippen LogP contribution in [0, 0.1) is 11.8 Å². The Hall–Kier alpha value is -0.570. The van der Waals surface area contributed by atoms with E-state index in [9.17, 15) is 4.79 Å². The minimum absolute atomic E-state index is 0.114. The van der Waals surface area contributed by atoms with E-state index in [2.05, 4.69) is 33.0 Å². The molecule has 0 spiro atoms. The lowest BCUT2D eigenvalue weighted by molar-refractivity contribution is -0.126. The molecule has 0 aromatic carbocycles. The van der Waals surface area contributed by atoms with Gasteiger partial charge in [0, 0.05) is 18.5 Å². The van der Waals surface area contributed by atoms with Crippen LogP contribution in [0.1, 0.15) is 53.4 Å².